The monoisotopic (exact) mass is 259 g/mol. The zero-order valence-electron chi connectivity index (χ0n) is 9.67. The van der Waals surface area contributed by atoms with Crippen LogP contribution < -0.4 is 4.74 Å². The molecule has 0 aliphatic rings. The molecule has 0 aliphatic heterocycles. The summed E-state index contributed by atoms with van der Waals surface area (Å²) < 4.78 is 5.16. The number of methoxy groups -OCH3 is 1. The van der Waals surface area contributed by atoms with Gasteiger partial charge in [-0.2, -0.15) is 4.80 Å². The smallest absolute Gasteiger partial charge is 0.121 e. The molecule has 18 heavy (non-hydrogen) atoms. The molecule has 3 aromatic rings. The Kier molecular flexibility index (Phi) is 2.64. The van der Waals surface area contributed by atoms with Crippen molar-refractivity contribution in [3.8, 4) is 11.4 Å². The van der Waals surface area contributed by atoms with E-state index in [0.29, 0.717) is 5.02 Å². The minimum atomic E-state index is 0.659. The fraction of sp³-hybridized carbons (Fsp3) is 0.0769. The van der Waals surface area contributed by atoms with Gasteiger partial charge in [-0.3, -0.25) is 0 Å². The van der Waals surface area contributed by atoms with E-state index in [1.807, 2.05) is 42.5 Å². The first-order valence-electron chi connectivity index (χ1n) is 5.43. The molecule has 0 bridgehead atoms. The van der Waals surface area contributed by atoms with Crippen LogP contribution in [0.15, 0.2) is 42.5 Å². The lowest BCUT2D eigenvalue weighted by Crippen LogP contribution is -1.97. The molecule has 0 amide bonds. The molecule has 90 valence electrons. The zero-order valence-corrected chi connectivity index (χ0v) is 10.4. The third-order valence-corrected chi connectivity index (χ3v) is 2.86. The Labute approximate surface area is 109 Å². The van der Waals surface area contributed by atoms with Gasteiger partial charge in [-0.1, -0.05) is 17.7 Å². The number of halogens is 1. The summed E-state index contributed by atoms with van der Waals surface area (Å²) in [6.07, 6.45) is 0. The summed E-state index contributed by atoms with van der Waals surface area (Å²) in [5.74, 6) is 0.764. The lowest BCUT2D eigenvalue weighted by molar-refractivity contribution is 0.415. The highest BCUT2D eigenvalue weighted by Gasteiger charge is 2.05. The highest BCUT2D eigenvalue weighted by Crippen LogP contribution is 2.19. The maximum absolute atomic E-state index is 5.95. The normalized spacial score (nSPS) is 10.8. The van der Waals surface area contributed by atoms with E-state index in [1.165, 1.54) is 0 Å². The van der Waals surface area contributed by atoms with Gasteiger partial charge in [0.15, 0.2) is 0 Å². The molecular formula is C13H10ClN3O. The average Bonchev–Trinajstić information content (AvgIpc) is 2.81. The Hall–Kier alpha value is -2.07. The molecule has 0 atom stereocenters. The van der Waals surface area contributed by atoms with E-state index in [2.05, 4.69) is 10.2 Å². The van der Waals surface area contributed by atoms with Crippen LogP contribution in [0.3, 0.4) is 0 Å². The van der Waals surface area contributed by atoms with Crippen molar-refractivity contribution in [2.75, 3.05) is 7.11 Å². The molecule has 1 heterocycles. The van der Waals surface area contributed by atoms with Crippen LogP contribution in [0.4, 0.5) is 0 Å². The minimum absolute atomic E-state index is 0.659. The Morgan fingerprint density at radius 3 is 2.67 bits per heavy atom. The van der Waals surface area contributed by atoms with Gasteiger partial charge in [0.2, 0.25) is 0 Å². The molecule has 0 fully saturated rings. The summed E-state index contributed by atoms with van der Waals surface area (Å²) in [7, 11) is 1.63. The second kappa shape index (κ2) is 4.31. The molecule has 1 aromatic heterocycles. The fourth-order valence-electron chi connectivity index (χ4n) is 1.74. The Morgan fingerprint density at radius 2 is 1.89 bits per heavy atom. The van der Waals surface area contributed by atoms with Gasteiger partial charge < -0.3 is 4.74 Å². The summed E-state index contributed by atoms with van der Waals surface area (Å²) in [5, 5.41) is 9.45. The highest BCUT2D eigenvalue weighted by atomic mass is 35.5. The first kappa shape index (κ1) is 11.0. The first-order valence-corrected chi connectivity index (χ1v) is 5.81. The van der Waals surface area contributed by atoms with Gasteiger partial charge in [-0.25, -0.2) is 0 Å². The van der Waals surface area contributed by atoms with E-state index in [9.17, 15) is 0 Å². The number of rotatable bonds is 2. The van der Waals surface area contributed by atoms with Crippen LogP contribution in [0.1, 0.15) is 0 Å². The van der Waals surface area contributed by atoms with Crippen molar-refractivity contribution in [3.05, 3.63) is 47.5 Å². The Morgan fingerprint density at radius 1 is 1.06 bits per heavy atom. The van der Waals surface area contributed by atoms with Crippen molar-refractivity contribution in [1.82, 2.24) is 15.0 Å². The number of hydrogen-bond donors (Lipinski definition) is 0. The van der Waals surface area contributed by atoms with E-state index in [-0.39, 0.29) is 0 Å². The van der Waals surface area contributed by atoms with Gasteiger partial charge >= 0.3 is 0 Å². The van der Waals surface area contributed by atoms with Crippen LogP contribution >= 0.6 is 11.6 Å². The largest absolute Gasteiger partial charge is 0.497 e. The molecule has 5 heteroatoms. The Bertz CT molecular complexity index is 708. The number of ether oxygens (including phenoxy) is 1. The van der Waals surface area contributed by atoms with Crippen molar-refractivity contribution in [1.29, 1.82) is 0 Å². The predicted molar refractivity (Wildman–Crippen MR) is 70.4 cm³/mol. The first-order chi connectivity index (χ1) is 8.76. The van der Waals surface area contributed by atoms with E-state index in [4.69, 9.17) is 16.3 Å². The van der Waals surface area contributed by atoms with Crippen LogP contribution in [0.5, 0.6) is 5.75 Å². The lowest BCUT2D eigenvalue weighted by Gasteiger charge is -1.98. The highest BCUT2D eigenvalue weighted by molar-refractivity contribution is 6.30. The minimum Gasteiger partial charge on any atom is -0.497 e. The average molecular weight is 260 g/mol. The van der Waals surface area contributed by atoms with Crippen molar-refractivity contribution < 1.29 is 4.74 Å². The quantitative estimate of drug-likeness (QED) is 0.710. The molecule has 0 radical (unpaired) electrons. The van der Waals surface area contributed by atoms with Crippen LogP contribution in [0, 0.1) is 0 Å². The van der Waals surface area contributed by atoms with E-state index >= 15 is 0 Å². The maximum atomic E-state index is 5.95. The van der Waals surface area contributed by atoms with Crippen LogP contribution in [0.25, 0.3) is 16.7 Å². The maximum Gasteiger partial charge on any atom is 0.121 e. The lowest BCUT2D eigenvalue weighted by atomic mass is 10.3. The molecule has 0 N–H and O–H groups in total. The molecule has 0 spiro atoms. The van der Waals surface area contributed by atoms with Crippen LogP contribution in [-0.4, -0.2) is 22.1 Å². The van der Waals surface area contributed by atoms with Crippen molar-refractivity contribution >= 4 is 22.6 Å². The van der Waals surface area contributed by atoms with E-state index < -0.39 is 0 Å². The van der Waals surface area contributed by atoms with Gasteiger partial charge in [0.05, 0.1) is 12.8 Å². The topological polar surface area (TPSA) is 39.9 Å². The second-order valence-electron chi connectivity index (χ2n) is 3.82. The summed E-state index contributed by atoms with van der Waals surface area (Å²) in [6, 6.07) is 13.0. The van der Waals surface area contributed by atoms with Gasteiger partial charge in [0.25, 0.3) is 0 Å². The second-order valence-corrected chi connectivity index (χ2v) is 4.26. The third kappa shape index (κ3) is 1.91. The summed E-state index contributed by atoms with van der Waals surface area (Å²) in [5.41, 5.74) is 2.43. The predicted octanol–water partition coefficient (Wildman–Crippen LogP) is 3.08. The van der Waals surface area contributed by atoms with Gasteiger partial charge in [-0.15, -0.1) is 10.2 Å². The van der Waals surface area contributed by atoms with Crippen LogP contribution in [0.2, 0.25) is 5.02 Å². The fourth-order valence-corrected chi connectivity index (χ4v) is 1.92. The van der Waals surface area contributed by atoms with Crippen LogP contribution in [-0.2, 0) is 0 Å². The molecule has 4 nitrogen and oxygen atoms in total. The molecule has 2 aromatic carbocycles. The number of hydrogen-bond acceptors (Lipinski definition) is 3. The summed E-state index contributed by atoms with van der Waals surface area (Å²) >= 11 is 5.95. The van der Waals surface area contributed by atoms with Crippen molar-refractivity contribution in [2.45, 2.75) is 0 Å². The number of aromatic nitrogens is 3. The van der Waals surface area contributed by atoms with E-state index in [1.54, 1.807) is 11.9 Å². The molecule has 0 saturated heterocycles. The van der Waals surface area contributed by atoms with E-state index in [0.717, 1.165) is 22.5 Å². The summed E-state index contributed by atoms with van der Waals surface area (Å²) in [4.78, 5) is 1.57. The molecule has 0 aliphatic carbocycles. The van der Waals surface area contributed by atoms with Gasteiger partial charge in [0, 0.05) is 11.1 Å². The number of benzene rings is 2. The standard InChI is InChI=1S/C13H10ClN3O/c1-18-11-5-6-12-13(8-11)16-17(15-12)10-4-2-3-9(14)7-10/h2-8H,1H3. The number of nitrogens with zero attached hydrogens (tertiary/aromatic N) is 3. The van der Waals surface area contributed by atoms with Gasteiger partial charge in [0.1, 0.15) is 16.8 Å². The SMILES string of the molecule is COc1ccc2nn(-c3cccc(Cl)c3)nc2c1. The Balaban J connectivity index is 2.13. The molecule has 0 unspecified atom stereocenters. The van der Waals surface area contributed by atoms with Gasteiger partial charge in [-0.05, 0) is 30.3 Å². The molecule has 0 saturated carbocycles. The van der Waals surface area contributed by atoms with Crippen molar-refractivity contribution in [2.24, 2.45) is 0 Å². The van der Waals surface area contributed by atoms with Crippen molar-refractivity contribution in [3.63, 3.8) is 0 Å². The number of fused-ring (bicyclic) bond motifs is 1. The zero-order chi connectivity index (χ0) is 12.5. The molecular weight excluding hydrogens is 250 g/mol. The molecule has 3 rings (SSSR count). The summed E-state index contributed by atoms with van der Waals surface area (Å²) in [6.45, 7) is 0. The third-order valence-electron chi connectivity index (χ3n) is 2.63.